The number of likely N-dealkylation sites (N-methyl/N-ethyl adjacent to an activating group) is 1. The highest BCUT2D eigenvalue weighted by Gasteiger charge is 2.28. The van der Waals surface area contributed by atoms with Crippen molar-refractivity contribution < 1.29 is 4.79 Å². The van der Waals surface area contributed by atoms with Gasteiger partial charge in [-0.1, -0.05) is 50.2 Å². The smallest absolute Gasteiger partial charge is 0.211 e. The van der Waals surface area contributed by atoms with Crippen molar-refractivity contribution in [2.24, 2.45) is 0 Å². The Bertz CT molecular complexity index is 711. The van der Waals surface area contributed by atoms with Gasteiger partial charge in [-0.2, -0.15) is 0 Å². The third-order valence-corrected chi connectivity index (χ3v) is 4.01. The molecule has 0 aromatic heterocycles. The average Bonchev–Trinajstić information content (AvgIpc) is 2.73. The van der Waals surface area contributed by atoms with Gasteiger partial charge in [0.15, 0.2) is 0 Å². The van der Waals surface area contributed by atoms with Gasteiger partial charge in [0.05, 0.1) is 11.4 Å². The Kier molecular flexibility index (Phi) is 3.38. The standard InChI is InChI=1S/C19H19NO/c1-13(2)15-10-8-14(9-11-15)12-18-19(21)16-6-4-5-7-17(16)20(18)3/h4-13H,1-3H3/b18-12-. The van der Waals surface area contributed by atoms with Crippen LogP contribution in [0.25, 0.3) is 6.08 Å². The molecule has 0 radical (unpaired) electrons. The highest BCUT2D eigenvalue weighted by Crippen LogP contribution is 2.33. The van der Waals surface area contributed by atoms with Crippen LogP contribution in [0.5, 0.6) is 0 Å². The Morgan fingerprint density at radius 3 is 2.29 bits per heavy atom. The second kappa shape index (κ2) is 5.21. The third kappa shape index (κ3) is 2.38. The van der Waals surface area contributed by atoms with Crippen molar-refractivity contribution in [2.75, 3.05) is 11.9 Å². The Hall–Kier alpha value is -2.35. The maximum atomic E-state index is 12.5. The van der Waals surface area contributed by atoms with Gasteiger partial charge in [0.1, 0.15) is 0 Å². The fourth-order valence-electron chi connectivity index (χ4n) is 2.68. The van der Waals surface area contributed by atoms with Crippen LogP contribution in [0.4, 0.5) is 5.69 Å². The third-order valence-electron chi connectivity index (χ3n) is 4.01. The summed E-state index contributed by atoms with van der Waals surface area (Å²) >= 11 is 0. The number of para-hydroxylation sites is 1. The van der Waals surface area contributed by atoms with Crippen molar-refractivity contribution in [1.82, 2.24) is 0 Å². The number of fused-ring (bicyclic) bond motifs is 1. The molecule has 0 amide bonds. The molecule has 0 atom stereocenters. The first-order chi connectivity index (χ1) is 10.1. The molecule has 3 rings (SSSR count). The maximum absolute atomic E-state index is 12.5. The lowest BCUT2D eigenvalue weighted by Gasteiger charge is -2.13. The topological polar surface area (TPSA) is 20.3 Å². The molecule has 0 N–H and O–H groups in total. The van der Waals surface area contributed by atoms with Crippen LogP contribution in [0, 0.1) is 0 Å². The molecule has 2 aromatic rings. The lowest BCUT2D eigenvalue weighted by molar-refractivity contribution is 0.104. The van der Waals surface area contributed by atoms with E-state index in [9.17, 15) is 4.79 Å². The monoisotopic (exact) mass is 277 g/mol. The van der Waals surface area contributed by atoms with E-state index in [0.717, 1.165) is 22.5 Å². The van der Waals surface area contributed by atoms with Crippen molar-refractivity contribution >= 4 is 17.5 Å². The van der Waals surface area contributed by atoms with E-state index in [2.05, 4.69) is 38.1 Å². The molecular formula is C19H19NO. The van der Waals surface area contributed by atoms with Gasteiger partial charge in [-0.3, -0.25) is 4.79 Å². The van der Waals surface area contributed by atoms with E-state index in [1.165, 1.54) is 5.56 Å². The molecule has 1 heterocycles. The number of allylic oxidation sites excluding steroid dienone is 1. The fourth-order valence-corrected chi connectivity index (χ4v) is 2.68. The zero-order valence-corrected chi connectivity index (χ0v) is 12.6. The Balaban J connectivity index is 1.96. The van der Waals surface area contributed by atoms with Gasteiger partial charge in [0.25, 0.3) is 0 Å². The summed E-state index contributed by atoms with van der Waals surface area (Å²) in [4.78, 5) is 14.4. The highest BCUT2D eigenvalue weighted by atomic mass is 16.1. The van der Waals surface area contributed by atoms with Crippen LogP contribution in [-0.2, 0) is 0 Å². The van der Waals surface area contributed by atoms with Crippen molar-refractivity contribution in [3.05, 3.63) is 70.9 Å². The normalized spacial score (nSPS) is 15.9. The van der Waals surface area contributed by atoms with Crippen molar-refractivity contribution in [1.29, 1.82) is 0 Å². The molecule has 0 bridgehead atoms. The first-order valence-corrected chi connectivity index (χ1v) is 7.27. The van der Waals surface area contributed by atoms with Crippen molar-refractivity contribution in [3.8, 4) is 0 Å². The lowest BCUT2D eigenvalue weighted by atomic mass is 10.0. The zero-order valence-electron chi connectivity index (χ0n) is 12.6. The average molecular weight is 277 g/mol. The van der Waals surface area contributed by atoms with E-state index >= 15 is 0 Å². The van der Waals surface area contributed by atoms with Crippen molar-refractivity contribution in [2.45, 2.75) is 19.8 Å². The Morgan fingerprint density at radius 1 is 1.00 bits per heavy atom. The molecule has 106 valence electrons. The molecule has 2 aromatic carbocycles. The summed E-state index contributed by atoms with van der Waals surface area (Å²) in [5, 5.41) is 0. The summed E-state index contributed by atoms with van der Waals surface area (Å²) in [5.74, 6) is 0.618. The second-order valence-electron chi connectivity index (χ2n) is 5.76. The van der Waals surface area contributed by atoms with Gasteiger partial charge >= 0.3 is 0 Å². The summed E-state index contributed by atoms with van der Waals surface area (Å²) in [7, 11) is 1.94. The second-order valence-corrected chi connectivity index (χ2v) is 5.76. The van der Waals surface area contributed by atoms with E-state index in [1.807, 2.05) is 42.3 Å². The number of carbonyl (C=O) groups is 1. The Labute approximate surface area is 125 Å². The Morgan fingerprint density at radius 2 is 1.67 bits per heavy atom. The van der Waals surface area contributed by atoms with E-state index in [0.29, 0.717) is 5.92 Å². The predicted molar refractivity (Wildman–Crippen MR) is 87.7 cm³/mol. The largest absolute Gasteiger partial charge is 0.341 e. The van der Waals surface area contributed by atoms with Crippen LogP contribution in [0.2, 0.25) is 0 Å². The number of nitrogens with zero attached hydrogens (tertiary/aromatic N) is 1. The molecular weight excluding hydrogens is 258 g/mol. The summed E-state index contributed by atoms with van der Waals surface area (Å²) in [6.45, 7) is 4.36. The number of Topliss-reactive ketones (excluding diaryl/α,β-unsaturated/α-hetero) is 1. The van der Waals surface area contributed by atoms with Gasteiger partial charge in [0, 0.05) is 12.6 Å². The molecule has 0 saturated carbocycles. The zero-order chi connectivity index (χ0) is 15.0. The predicted octanol–water partition coefficient (Wildman–Crippen LogP) is 4.48. The molecule has 2 heteroatoms. The minimum Gasteiger partial charge on any atom is -0.341 e. The number of hydrogen-bond acceptors (Lipinski definition) is 2. The summed E-state index contributed by atoms with van der Waals surface area (Å²) < 4.78 is 0. The van der Waals surface area contributed by atoms with Crippen molar-refractivity contribution in [3.63, 3.8) is 0 Å². The first-order valence-electron chi connectivity index (χ1n) is 7.27. The van der Waals surface area contributed by atoms with Gasteiger partial charge < -0.3 is 4.90 Å². The molecule has 21 heavy (non-hydrogen) atoms. The first kappa shape index (κ1) is 13.6. The maximum Gasteiger partial charge on any atom is 0.211 e. The summed E-state index contributed by atoms with van der Waals surface area (Å²) in [6.07, 6.45) is 1.96. The van der Waals surface area contributed by atoms with Gasteiger partial charge in [0.2, 0.25) is 5.78 Å². The number of benzene rings is 2. The SMILES string of the molecule is CC(C)c1ccc(/C=C2/C(=O)c3ccccc3N2C)cc1. The van der Waals surface area contributed by atoms with Gasteiger partial charge in [-0.25, -0.2) is 0 Å². The molecule has 0 unspecified atom stereocenters. The summed E-state index contributed by atoms with van der Waals surface area (Å²) in [6, 6.07) is 16.1. The number of rotatable bonds is 2. The van der Waals surface area contributed by atoms with E-state index in [4.69, 9.17) is 0 Å². The molecule has 0 fully saturated rings. The number of anilines is 1. The molecule has 0 spiro atoms. The minimum atomic E-state index is 0.0982. The lowest BCUT2D eigenvalue weighted by Crippen LogP contribution is -2.13. The van der Waals surface area contributed by atoms with Crippen LogP contribution in [0.15, 0.2) is 54.2 Å². The minimum absolute atomic E-state index is 0.0982. The number of hydrogen-bond donors (Lipinski definition) is 0. The van der Waals surface area contributed by atoms with Crippen LogP contribution in [0.1, 0.15) is 41.3 Å². The molecule has 0 aliphatic carbocycles. The van der Waals surface area contributed by atoms with E-state index < -0.39 is 0 Å². The van der Waals surface area contributed by atoms with Crippen LogP contribution >= 0.6 is 0 Å². The highest BCUT2D eigenvalue weighted by molar-refractivity contribution is 6.21. The number of ketones is 1. The molecule has 1 aliphatic heterocycles. The van der Waals surface area contributed by atoms with E-state index in [1.54, 1.807) is 0 Å². The van der Waals surface area contributed by atoms with Crippen LogP contribution in [-0.4, -0.2) is 12.8 Å². The van der Waals surface area contributed by atoms with Gasteiger partial charge in [-0.15, -0.1) is 0 Å². The fraction of sp³-hybridized carbons (Fsp3) is 0.211. The number of carbonyl (C=O) groups excluding carboxylic acids is 1. The quantitative estimate of drug-likeness (QED) is 0.754. The molecule has 2 nitrogen and oxygen atoms in total. The van der Waals surface area contributed by atoms with Gasteiger partial charge in [-0.05, 0) is 35.3 Å². The van der Waals surface area contributed by atoms with Crippen LogP contribution < -0.4 is 4.90 Å². The van der Waals surface area contributed by atoms with E-state index in [-0.39, 0.29) is 5.78 Å². The van der Waals surface area contributed by atoms with Crippen LogP contribution in [0.3, 0.4) is 0 Å². The molecule has 0 saturated heterocycles. The molecule has 1 aliphatic rings. The summed E-state index contributed by atoms with van der Waals surface area (Å²) in [5.41, 5.74) is 4.86.